The van der Waals surface area contributed by atoms with Gasteiger partial charge in [-0.1, -0.05) is 44.2 Å². The van der Waals surface area contributed by atoms with Crippen LogP contribution in [0, 0.1) is 12.8 Å². The number of nitrogens with two attached hydrogens (primary N) is 1. The second kappa shape index (κ2) is 13.2. The Labute approximate surface area is 226 Å². The predicted octanol–water partition coefficient (Wildman–Crippen LogP) is 6.40. The maximum Gasteiger partial charge on any atom is 0.231 e. The molecule has 7 heteroatoms. The van der Waals surface area contributed by atoms with Gasteiger partial charge in [0.2, 0.25) is 6.79 Å². The van der Waals surface area contributed by atoms with E-state index in [0.717, 1.165) is 41.5 Å². The summed E-state index contributed by atoms with van der Waals surface area (Å²) in [7, 11) is 5.22. The van der Waals surface area contributed by atoms with E-state index in [1.54, 1.807) is 14.2 Å². The number of aryl methyl sites for hydroxylation is 1. The summed E-state index contributed by atoms with van der Waals surface area (Å²) in [5.74, 6) is 4.27. The first kappa shape index (κ1) is 28.1. The van der Waals surface area contributed by atoms with Crippen LogP contribution in [0.2, 0.25) is 0 Å². The van der Waals surface area contributed by atoms with Crippen molar-refractivity contribution in [2.45, 2.75) is 33.1 Å². The van der Waals surface area contributed by atoms with Gasteiger partial charge in [-0.25, -0.2) is 0 Å². The minimum atomic E-state index is 0.299. The zero-order valence-corrected chi connectivity index (χ0v) is 23.4. The molecule has 0 fully saturated rings. The average Bonchev–Trinajstić information content (AvgIpc) is 3.37. The largest absolute Gasteiger partial charge is 0.497 e. The Bertz CT molecular complexity index is 1180. The molecular weight excluding hydrogens is 484 g/mol. The number of nitrogens with zero attached hydrogens (tertiary/aromatic N) is 1. The monoisotopic (exact) mass is 522 g/mol. The van der Waals surface area contributed by atoms with E-state index >= 15 is 0 Å². The highest BCUT2D eigenvalue weighted by Crippen LogP contribution is 2.37. The molecule has 0 saturated heterocycles. The van der Waals surface area contributed by atoms with E-state index in [1.807, 2.05) is 48.3 Å². The summed E-state index contributed by atoms with van der Waals surface area (Å²) in [5, 5.41) is 0.451. The fourth-order valence-electron chi connectivity index (χ4n) is 4.37. The van der Waals surface area contributed by atoms with E-state index in [0.29, 0.717) is 23.7 Å². The van der Waals surface area contributed by atoms with Crippen LogP contribution in [0.1, 0.15) is 37.3 Å². The Balaban J connectivity index is 0.000000319. The number of rotatable bonds is 8. The molecule has 1 unspecified atom stereocenters. The van der Waals surface area contributed by atoms with E-state index in [2.05, 4.69) is 45.0 Å². The van der Waals surface area contributed by atoms with Crippen molar-refractivity contribution in [3.8, 4) is 34.1 Å². The molecule has 2 N–H and O–H groups in total. The van der Waals surface area contributed by atoms with Crippen molar-refractivity contribution in [2.24, 2.45) is 11.7 Å². The van der Waals surface area contributed by atoms with Gasteiger partial charge in [0.25, 0.3) is 0 Å². The molecule has 1 atom stereocenters. The molecule has 0 spiro atoms. The minimum Gasteiger partial charge on any atom is -0.497 e. The lowest BCUT2D eigenvalue weighted by Crippen LogP contribution is -2.33. The molecule has 3 aromatic carbocycles. The number of methoxy groups -OCH3 is 2. The van der Waals surface area contributed by atoms with Crippen LogP contribution in [0.15, 0.2) is 60.7 Å². The van der Waals surface area contributed by atoms with Gasteiger partial charge >= 0.3 is 0 Å². The van der Waals surface area contributed by atoms with Crippen molar-refractivity contribution in [3.05, 3.63) is 71.8 Å². The van der Waals surface area contributed by atoms with Crippen molar-refractivity contribution >= 4 is 17.3 Å². The number of hydrogen-bond donors (Lipinski definition) is 1. The summed E-state index contributed by atoms with van der Waals surface area (Å²) in [4.78, 5) is 1.95. The van der Waals surface area contributed by atoms with Crippen LogP contribution < -0.4 is 24.7 Å². The molecule has 0 radical (unpaired) electrons. The maximum atomic E-state index is 5.73. The fraction of sp³-hybridized carbons (Fsp3) is 0.367. The van der Waals surface area contributed by atoms with Crippen LogP contribution in [-0.4, -0.2) is 44.6 Å². The van der Waals surface area contributed by atoms with E-state index < -0.39 is 0 Å². The van der Waals surface area contributed by atoms with E-state index in [-0.39, 0.29) is 0 Å². The quantitative estimate of drug-likeness (QED) is 0.343. The molecule has 0 aromatic heterocycles. The lowest BCUT2D eigenvalue weighted by Gasteiger charge is -2.26. The van der Waals surface area contributed by atoms with Crippen LogP contribution in [0.5, 0.6) is 23.0 Å². The topological polar surface area (TPSA) is 66.2 Å². The molecule has 1 aliphatic heterocycles. The first-order valence-corrected chi connectivity index (χ1v) is 12.8. The third kappa shape index (κ3) is 7.52. The predicted molar refractivity (Wildman–Crippen MR) is 154 cm³/mol. The molecule has 3 aromatic rings. The highest BCUT2D eigenvalue weighted by atomic mass is 32.1. The van der Waals surface area contributed by atoms with Gasteiger partial charge in [-0.3, -0.25) is 0 Å². The van der Waals surface area contributed by atoms with E-state index in [4.69, 9.17) is 36.9 Å². The van der Waals surface area contributed by atoms with Gasteiger partial charge in [0.15, 0.2) is 16.6 Å². The van der Waals surface area contributed by atoms with Crippen LogP contribution in [0.3, 0.4) is 0 Å². The van der Waals surface area contributed by atoms with Crippen molar-refractivity contribution in [3.63, 3.8) is 0 Å². The first-order valence-electron chi connectivity index (χ1n) is 12.4. The Hall–Kier alpha value is -3.45. The standard InChI is InChI=1S/C22H28N2O2S.C8H10O2/c1-14(2)18(9-10-24(4)22(23)27)19-7-5-16(11-15(19)3)17-6-8-20-21(12-17)26-13-25-20;1-9-7-4-3-5-8(6-7)10-2/h5-8,11-12,14,18H,9-10,13H2,1-4H3,(H2,23,27);3-6H,1-2H3. The Morgan fingerprint density at radius 3 is 2.16 bits per heavy atom. The van der Waals surface area contributed by atoms with Gasteiger partial charge in [0.1, 0.15) is 11.5 Å². The van der Waals surface area contributed by atoms with Gasteiger partial charge in [-0.15, -0.1) is 0 Å². The molecule has 0 bridgehead atoms. The Morgan fingerprint density at radius 1 is 0.946 bits per heavy atom. The van der Waals surface area contributed by atoms with Crippen molar-refractivity contribution in [1.29, 1.82) is 0 Å². The number of thiocarbonyl (C=S) groups is 1. The van der Waals surface area contributed by atoms with Crippen molar-refractivity contribution in [2.75, 3.05) is 34.6 Å². The summed E-state index contributed by atoms with van der Waals surface area (Å²) in [6.45, 7) is 7.90. The van der Waals surface area contributed by atoms with Crippen LogP contribution in [0.4, 0.5) is 0 Å². The van der Waals surface area contributed by atoms with Crippen molar-refractivity contribution < 1.29 is 18.9 Å². The fourth-order valence-corrected chi connectivity index (χ4v) is 4.46. The number of benzene rings is 3. The van der Waals surface area contributed by atoms with Gasteiger partial charge in [0, 0.05) is 19.7 Å². The molecule has 37 heavy (non-hydrogen) atoms. The Kier molecular flexibility index (Phi) is 10.0. The zero-order chi connectivity index (χ0) is 26.9. The smallest absolute Gasteiger partial charge is 0.231 e. The van der Waals surface area contributed by atoms with Crippen LogP contribution >= 0.6 is 12.2 Å². The summed E-state index contributed by atoms with van der Waals surface area (Å²) in [6, 6.07) is 20.3. The van der Waals surface area contributed by atoms with Crippen molar-refractivity contribution in [1.82, 2.24) is 4.90 Å². The maximum absolute atomic E-state index is 5.73. The lowest BCUT2D eigenvalue weighted by molar-refractivity contribution is 0.174. The summed E-state index contributed by atoms with van der Waals surface area (Å²) in [6.07, 6.45) is 1.02. The SMILES string of the molecule is COc1cccc(OC)c1.Cc1cc(-c2ccc3c(c2)OCO3)ccc1C(CCN(C)C(N)=S)C(C)C. The third-order valence-electron chi connectivity index (χ3n) is 6.61. The number of ether oxygens (including phenoxy) is 4. The highest BCUT2D eigenvalue weighted by molar-refractivity contribution is 7.80. The molecule has 198 valence electrons. The van der Waals surface area contributed by atoms with E-state index in [9.17, 15) is 0 Å². The summed E-state index contributed by atoms with van der Waals surface area (Å²) >= 11 is 5.07. The average molecular weight is 523 g/mol. The first-order chi connectivity index (χ1) is 17.7. The summed E-state index contributed by atoms with van der Waals surface area (Å²) < 4.78 is 20.9. The van der Waals surface area contributed by atoms with Gasteiger partial charge in [-0.2, -0.15) is 0 Å². The molecule has 0 amide bonds. The third-order valence-corrected chi connectivity index (χ3v) is 6.92. The van der Waals surface area contributed by atoms with Crippen LogP contribution in [-0.2, 0) is 0 Å². The molecule has 0 aliphatic carbocycles. The second-order valence-electron chi connectivity index (χ2n) is 9.42. The minimum absolute atomic E-state index is 0.299. The molecule has 0 saturated carbocycles. The Morgan fingerprint density at radius 2 is 1.57 bits per heavy atom. The van der Waals surface area contributed by atoms with Gasteiger partial charge in [0.05, 0.1) is 14.2 Å². The molecule has 1 aliphatic rings. The second-order valence-corrected chi connectivity index (χ2v) is 9.84. The molecule has 6 nitrogen and oxygen atoms in total. The highest BCUT2D eigenvalue weighted by Gasteiger charge is 2.20. The lowest BCUT2D eigenvalue weighted by atomic mass is 9.82. The van der Waals surface area contributed by atoms with E-state index in [1.165, 1.54) is 16.7 Å². The number of hydrogen-bond acceptors (Lipinski definition) is 5. The zero-order valence-electron chi connectivity index (χ0n) is 22.6. The normalized spacial score (nSPS) is 12.4. The summed E-state index contributed by atoms with van der Waals surface area (Å²) in [5.41, 5.74) is 10.8. The van der Waals surface area contributed by atoms with Gasteiger partial charge < -0.3 is 29.6 Å². The van der Waals surface area contributed by atoms with Gasteiger partial charge in [-0.05, 0) is 83.9 Å². The van der Waals surface area contributed by atoms with Crippen LogP contribution in [0.25, 0.3) is 11.1 Å². The molecule has 4 rings (SSSR count). The molecule has 1 heterocycles. The molecular formula is C30H38N2O4S. The number of fused-ring (bicyclic) bond motifs is 1.